The molecule has 0 aliphatic heterocycles. The molecule has 0 bridgehead atoms. The van der Waals surface area contributed by atoms with E-state index in [4.69, 9.17) is 5.11 Å². The molecule has 1 aromatic rings. The molecule has 0 fully saturated rings. The third-order valence-corrected chi connectivity index (χ3v) is 2.62. The van der Waals surface area contributed by atoms with E-state index in [1.807, 2.05) is 12.3 Å². The first kappa shape index (κ1) is 13.1. The van der Waals surface area contributed by atoms with E-state index in [9.17, 15) is 0 Å². The molecule has 0 aromatic carbocycles. The summed E-state index contributed by atoms with van der Waals surface area (Å²) in [5, 5.41) is 9.01. The molecule has 1 heterocycles. The molecule has 0 unspecified atom stereocenters. The van der Waals surface area contributed by atoms with Crippen LogP contribution in [0.2, 0.25) is 0 Å². The molecular formula is C13H22N2O. The van der Waals surface area contributed by atoms with Crippen LogP contribution in [0.4, 0.5) is 0 Å². The Morgan fingerprint density at radius 3 is 2.81 bits per heavy atom. The van der Waals surface area contributed by atoms with Gasteiger partial charge in [-0.2, -0.15) is 0 Å². The van der Waals surface area contributed by atoms with Gasteiger partial charge in [0.25, 0.3) is 0 Å². The number of rotatable bonds is 8. The third-order valence-electron chi connectivity index (χ3n) is 2.62. The second-order valence-electron chi connectivity index (χ2n) is 4.07. The number of hydrogen-bond donors (Lipinski definition) is 1. The van der Waals surface area contributed by atoms with E-state index in [0.717, 1.165) is 19.6 Å². The lowest BCUT2D eigenvalue weighted by Gasteiger charge is -2.20. The molecular weight excluding hydrogens is 200 g/mol. The van der Waals surface area contributed by atoms with Gasteiger partial charge in [-0.15, -0.1) is 0 Å². The van der Waals surface area contributed by atoms with Crippen molar-refractivity contribution in [1.29, 1.82) is 0 Å². The minimum atomic E-state index is 0.229. The van der Waals surface area contributed by atoms with Crippen LogP contribution in [-0.4, -0.2) is 34.7 Å². The molecule has 0 saturated heterocycles. The van der Waals surface area contributed by atoms with Gasteiger partial charge in [-0.05, 0) is 24.6 Å². The quantitative estimate of drug-likeness (QED) is 0.684. The fourth-order valence-corrected chi connectivity index (χ4v) is 1.75. The first-order valence-corrected chi connectivity index (χ1v) is 6.09. The van der Waals surface area contributed by atoms with Crippen molar-refractivity contribution in [3.8, 4) is 0 Å². The van der Waals surface area contributed by atoms with Crippen LogP contribution in [0.25, 0.3) is 0 Å². The lowest BCUT2D eigenvalue weighted by molar-refractivity contribution is 0.187. The average Bonchev–Trinajstić information content (AvgIpc) is 2.31. The number of nitrogens with zero attached hydrogens (tertiary/aromatic N) is 2. The van der Waals surface area contributed by atoms with Crippen molar-refractivity contribution in [2.75, 3.05) is 19.7 Å². The summed E-state index contributed by atoms with van der Waals surface area (Å²) in [6.07, 6.45) is 7.38. The molecule has 0 atom stereocenters. The lowest BCUT2D eigenvalue weighted by atomic mass is 10.2. The van der Waals surface area contributed by atoms with Gasteiger partial charge < -0.3 is 5.11 Å². The zero-order valence-corrected chi connectivity index (χ0v) is 10.1. The van der Waals surface area contributed by atoms with Crippen LogP contribution in [0, 0.1) is 0 Å². The lowest BCUT2D eigenvalue weighted by Crippen LogP contribution is -2.27. The smallest absolute Gasteiger partial charge is 0.0558 e. The fourth-order valence-electron chi connectivity index (χ4n) is 1.75. The molecule has 0 amide bonds. The van der Waals surface area contributed by atoms with Crippen molar-refractivity contribution in [1.82, 2.24) is 9.88 Å². The average molecular weight is 222 g/mol. The second-order valence-corrected chi connectivity index (χ2v) is 4.07. The van der Waals surface area contributed by atoms with E-state index in [2.05, 4.69) is 22.9 Å². The van der Waals surface area contributed by atoms with Gasteiger partial charge in [-0.25, -0.2) is 0 Å². The Hall–Kier alpha value is -0.930. The molecule has 0 saturated carbocycles. The van der Waals surface area contributed by atoms with Gasteiger partial charge >= 0.3 is 0 Å². The van der Waals surface area contributed by atoms with Crippen LogP contribution < -0.4 is 0 Å². The number of pyridine rings is 1. The Kier molecular flexibility index (Phi) is 6.77. The molecule has 1 rings (SSSR count). The Morgan fingerprint density at radius 1 is 1.31 bits per heavy atom. The summed E-state index contributed by atoms with van der Waals surface area (Å²) < 4.78 is 0. The Bertz CT molecular complexity index is 264. The number of aliphatic hydroxyl groups excluding tert-OH is 1. The normalized spacial score (nSPS) is 10.9. The molecule has 3 heteroatoms. The number of aromatic nitrogens is 1. The summed E-state index contributed by atoms with van der Waals surface area (Å²) in [6.45, 7) is 5.13. The van der Waals surface area contributed by atoms with Crippen molar-refractivity contribution in [3.05, 3.63) is 30.1 Å². The highest BCUT2D eigenvalue weighted by atomic mass is 16.3. The standard InChI is InChI=1S/C13H22N2O/c1-2-3-4-8-15(9-10-16)12-13-6-5-7-14-11-13/h5-7,11,16H,2-4,8-10,12H2,1H3. The van der Waals surface area contributed by atoms with Crippen LogP contribution in [0.3, 0.4) is 0 Å². The molecule has 0 spiro atoms. The molecule has 0 aliphatic rings. The monoisotopic (exact) mass is 222 g/mol. The SMILES string of the molecule is CCCCCN(CCO)Cc1cccnc1. The van der Waals surface area contributed by atoms with Crippen LogP contribution in [0.15, 0.2) is 24.5 Å². The Morgan fingerprint density at radius 2 is 2.19 bits per heavy atom. The van der Waals surface area contributed by atoms with E-state index < -0.39 is 0 Å². The minimum Gasteiger partial charge on any atom is -0.395 e. The van der Waals surface area contributed by atoms with E-state index in [0.29, 0.717) is 0 Å². The zero-order chi connectivity index (χ0) is 11.6. The molecule has 1 aromatic heterocycles. The summed E-state index contributed by atoms with van der Waals surface area (Å²) in [6, 6.07) is 4.04. The highest BCUT2D eigenvalue weighted by Gasteiger charge is 2.04. The number of aliphatic hydroxyl groups is 1. The predicted molar refractivity (Wildman–Crippen MR) is 66.1 cm³/mol. The van der Waals surface area contributed by atoms with Gasteiger partial charge in [0.15, 0.2) is 0 Å². The van der Waals surface area contributed by atoms with E-state index in [1.54, 1.807) is 6.20 Å². The summed E-state index contributed by atoms with van der Waals surface area (Å²) >= 11 is 0. The minimum absolute atomic E-state index is 0.229. The highest BCUT2D eigenvalue weighted by Crippen LogP contribution is 2.05. The summed E-state index contributed by atoms with van der Waals surface area (Å²) in [4.78, 5) is 6.39. The van der Waals surface area contributed by atoms with Gasteiger partial charge in [-0.3, -0.25) is 9.88 Å². The molecule has 0 aliphatic carbocycles. The number of hydrogen-bond acceptors (Lipinski definition) is 3. The Labute approximate surface area is 98.1 Å². The maximum Gasteiger partial charge on any atom is 0.0558 e. The van der Waals surface area contributed by atoms with Crippen LogP contribution in [-0.2, 0) is 6.54 Å². The van der Waals surface area contributed by atoms with Crippen LogP contribution >= 0.6 is 0 Å². The molecule has 0 radical (unpaired) electrons. The van der Waals surface area contributed by atoms with E-state index in [1.165, 1.54) is 24.8 Å². The summed E-state index contributed by atoms with van der Waals surface area (Å²) in [5.41, 5.74) is 1.22. The largest absolute Gasteiger partial charge is 0.395 e. The topological polar surface area (TPSA) is 36.4 Å². The summed E-state index contributed by atoms with van der Waals surface area (Å²) in [5.74, 6) is 0. The van der Waals surface area contributed by atoms with Gasteiger partial charge in [-0.1, -0.05) is 25.8 Å². The van der Waals surface area contributed by atoms with Crippen molar-refractivity contribution in [3.63, 3.8) is 0 Å². The second kappa shape index (κ2) is 8.25. The van der Waals surface area contributed by atoms with Crippen molar-refractivity contribution in [2.45, 2.75) is 32.7 Å². The highest BCUT2D eigenvalue weighted by molar-refractivity contribution is 5.08. The van der Waals surface area contributed by atoms with E-state index in [-0.39, 0.29) is 6.61 Å². The molecule has 1 N–H and O–H groups in total. The molecule has 90 valence electrons. The fraction of sp³-hybridized carbons (Fsp3) is 0.615. The molecule has 3 nitrogen and oxygen atoms in total. The van der Waals surface area contributed by atoms with Crippen LogP contribution in [0.5, 0.6) is 0 Å². The van der Waals surface area contributed by atoms with Gasteiger partial charge in [0.2, 0.25) is 0 Å². The Balaban J connectivity index is 2.38. The maximum absolute atomic E-state index is 9.01. The van der Waals surface area contributed by atoms with Gasteiger partial charge in [0.05, 0.1) is 6.61 Å². The van der Waals surface area contributed by atoms with Gasteiger partial charge in [0.1, 0.15) is 0 Å². The van der Waals surface area contributed by atoms with Crippen molar-refractivity contribution >= 4 is 0 Å². The molecule has 16 heavy (non-hydrogen) atoms. The van der Waals surface area contributed by atoms with Gasteiger partial charge in [0, 0.05) is 25.5 Å². The van der Waals surface area contributed by atoms with Crippen LogP contribution in [0.1, 0.15) is 31.7 Å². The summed E-state index contributed by atoms with van der Waals surface area (Å²) in [7, 11) is 0. The first-order chi connectivity index (χ1) is 7.86. The number of unbranched alkanes of at least 4 members (excludes halogenated alkanes) is 2. The van der Waals surface area contributed by atoms with E-state index >= 15 is 0 Å². The zero-order valence-electron chi connectivity index (χ0n) is 10.1. The van der Waals surface area contributed by atoms with Crippen molar-refractivity contribution in [2.24, 2.45) is 0 Å². The third kappa shape index (κ3) is 5.24. The first-order valence-electron chi connectivity index (χ1n) is 6.09. The predicted octanol–water partition coefficient (Wildman–Crippen LogP) is 2.07. The maximum atomic E-state index is 9.01. The van der Waals surface area contributed by atoms with Crippen molar-refractivity contribution < 1.29 is 5.11 Å².